The molecule has 1 aliphatic rings. The van der Waals surface area contributed by atoms with Crippen molar-refractivity contribution in [3.05, 3.63) is 79.9 Å². The molecule has 2 aromatic carbocycles. The van der Waals surface area contributed by atoms with Gasteiger partial charge in [0.05, 0.1) is 9.85 Å². The molecular formula is C14H10N2O5. The lowest BCUT2D eigenvalue weighted by molar-refractivity contribution is -0.385. The molecule has 0 radical (unpaired) electrons. The van der Waals surface area contributed by atoms with Crippen LogP contribution in [-0.4, -0.2) is 9.85 Å². The first kappa shape index (κ1) is 13.2. The van der Waals surface area contributed by atoms with Crippen molar-refractivity contribution >= 4 is 11.4 Å². The Balaban J connectivity index is 1.73. The zero-order valence-electron chi connectivity index (χ0n) is 10.7. The molecular weight excluding hydrogens is 276 g/mol. The molecule has 0 unspecified atom stereocenters. The van der Waals surface area contributed by atoms with Crippen molar-refractivity contribution in [3.8, 4) is 0 Å². The fourth-order valence-corrected chi connectivity index (χ4v) is 2.19. The molecule has 2 atom stereocenters. The van der Waals surface area contributed by atoms with Gasteiger partial charge in [0.1, 0.15) is 12.2 Å². The number of nitro groups is 2. The highest BCUT2D eigenvalue weighted by Crippen LogP contribution is 2.51. The highest BCUT2D eigenvalue weighted by atomic mass is 16.6. The molecule has 1 aliphatic heterocycles. The van der Waals surface area contributed by atoms with Crippen LogP contribution in [0.4, 0.5) is 11.4 Å². The Hall–Kier alpha value is -2.80. The third kappa shape index (κ3) is 2.59. The minimum absolute atomic E-state index is 0.0336. The molecule has 0 aliphatic carbocycles. The van der Waals surface area contributed by atoms with Crippen LogP contribution < -0.4 is 0 Å². The van der Waals surface area contributed by atoms with Crippen LogP contribution in [0, 0.1) is 20.2 Å². The van der Waals surface area contributed by atoms with Gasteiger partial charge in [0.25, 0.3) is 11.4 Å². The Labute approximate surface area is 119 Å². The molecule has 7 nitrogen and oxygen atoms in total. The maximum absolute atomic E-state index is 10.6. The first-order valence-electron chi connectivity index (χ1n) is 6.20. The topological polar surface area (TPSA) is 98.8 Å². The van der Waals surface area contributed by atoms with E-state index in [1.807, 2.05) is 0 Å². The van der Waals surface area contributed by atoms with E-state index in [2.05, 4.69) is 0 Å². The van der Waals surface area contributed by atoms with Crippen molar-refractivity contribution in [1.82, 2.24) is 0 Å². The van der Waals surface area contributed by atoms with E-state index in [0.29, 0.717) is 0 Å². The van der Waals surface area contributed by atoms with Crippen molar-refractivity contribution in [3.63, 3.8) is 0 Å². The van der Waals surface area contributed by atoms with Crippen LogP contribution in [-0.2, 0) is 4.74 Å². The lowest BCUT2D eigenvalue weighted by Crippen LogP contribution is -1.90. The van der Waals surface area contributed by atoms with Crippen LogP contribution in [0.15, 0.2) is 48.5 Å². The maximum Gasteiger partial charge on any atom is 0.269 e. The molecule has 2 aromatic rings. The molecule has 1 fully saturated rings. The average molecular weight is 286 g/mol. The summed E-state index contributed by atoms with van der Waals surface area (Å²) in [6.45, 7) is 0. The lowest BCUT2D eigenvalue weighted by atomic mass is 10.0. The quantitative estimate of drug-likeness (QED) is 0.487. The van der Waals surface area contributed by atoms with Gasteiger partial charge in [0.15, 0.2) is 0 Å². The number of hydrogen-bond acceptors (Lipinski definition) is 5. The van der Waals surface area contributed by atoms with E-state index >= 15 is 0 Å². The van der Waals surface area contributed by atoms with Crippen molar-refractivity contribution in [2.75, 3.05) is 0 Å². The second-order valence-electron chi connectivity index (χ2n) is 4.67. The monoisotopic (exact) mass is 286 g/mol. The second-order valence-corrected chi connectivity index (χ2v) is 4.67. The SMILES string of the molecule is O=[N+]([O-])c1ccc([C@H]2O[C@H]2c2ccc([N+](=O)[O-])cc2)cc1. The highest BCUT2D eigenvalue weighted by molar-refractivity contribution is 5.39. The van der Waals surface area contributed by atoms with E-state index in [0.717, 1.165) is 11.1 Å². The standard InChI is InChI=1S/C14H10N2O5/c17-15(18)11-5-1-9(2-6-11)13-14(21-13)10-3-7-12(8-4-10)16(19)20/h1-8,13-14H/t13-,14+. The van der Waals surface area contributed by atoms with Crippen LogP contribution in [0.2, 0.25) is 0 Å². The predicted molar refractivity (Wildman–Crippen MR) is 72.8 cm³/mol. The van der Waals surface area contributed by atoms with E-state index in [1.165, 1.54) is 24.3 Å². The summed E-state index contributed by atoms with van der Waals surface area (Å²) in [4.78, 5) is 20.3. The van der Waals surface area contributed by atoms with Crippen LogP contribution in [0.3, 0.4) is 0 Å². The number of nitrogens with zero attached hydrogens (tertiary/aromatic N) is 2. The molecule has 0 spiro atoms. The molecule has 1 heterocycles. The summed E-state index contributed by atoms with van der Waals surface area (Å²) in [6, 6.07) is 12.4. The second kappa shape index (κ2) is 4.95. The average Bonchev–Trinajstić information content (AvgIpc) is 3.28. The third-order valence-corrected chi connectivity index (χ3v) is 3.36. The van der Waals surface area contributed by atoms with Gasteiger partial charge in [-0.15, -0.1) is 0 Å². The Morgan fingerprint density at radius 3 is 1.33 bits per heavy atom. The zero-order valence-corrected chi connectivity index (χ0v) is 10.7. The highest BCUT2D eigenvalue weighted by Gasteiger charge is 2.41. The number of nitro benzene ring substituents is 2. The fourth-order valence-electron chi connectivity index (χ4n) is 2.19. The molecule has 0 N–H and O–H groups in total. The summed E-state index contributed by atoms with van der Waals surface area (Å²) in [6.07, 6.45) is -0.320. The van der Waals surface area contributed by atoms with Gasteiger partial charge in [-0.3, -0.25) is 20.2 Å². The molecule has 0 aromatic heterocycles. The third-order valence-electron chi connectivity index (χ3n) is 3.36. The van der Waals surface area contributed by atoms with Crippen LogP contribution in [0.1, 0.15) is 23.3 Å². The molecule has 0 saturated carbocycles. The first-order chi connectivity index (χ1) is 10.1. The van der Waals surface area contributed by atoms with Crippen molar-refractivity contribution in [2.24, 2.45) is 0 Å². The summed E-state index contributed by atoms with van der Waals surface area (Å²) >= 11 is 0. The van der Waals surface area contributed by atoms with Gasteiger partial charge in [-0.05, 0) is 35.4 Å². The number of non-ortho nitro benzene ring substituents is 2. The summed E-state index contributed by atoms with van der Waals surface area (Å²) < 4.78 is 5.55. The zero-order chi connectivity index (χ0) is 15.0. The number of ether oxygens (including phenoxy) is 1. The van der Waals surface area contributed by atoms with Crippen molar-refractivity contribution in [1.29, 1.82) is 0 Å². The first-order valence-corrected chi connectivity index (χ1v) is 6.20. The summed E-state index contributed by atoms with van der Waals surface area (Å²) in [7, 11) is 0. The van der Waals surface area contributed by atoms with Gasteiger partial charge in [-0.2, -0.15) is 0 Å². The van der Waals surface area contributed by atoms with E-state index in [-0.39, 0.29) is 23.6 Å². The van der Waals surface area contributed by atoms with E-state index < -0.39 is 9.85 Å². The largest absolute Gasteiger partial charge is 0.359 e. The normalized spacial score (nSPS) is 20.0. The van der Waals surface area contributed by atoms with Gasteiger partial charge in [0.2, 0.25) is 0 Å². The lowest BCUT2D eigenvalue weighted by Gasteiger charge is -1.97. The van der Waals surface area contributed by atoms with Crippen LogP contribution in [0.5, 0.6) is 0 Å². The summed E-state index contributed by atoms with van der Waals surface area (Å²) in [5.74, 6) is 0. The van der Waals surface area contributed by atoms with Gasteiger partial charge >= 0.3 is 0 Å². The number of rotatable bonds is 4. The van der Waals surface area contributed by atoms with Gasteiger partial charge in [-0.1, -0.05) is 0 Å². The predicted octanol–water partition coefficient (Wildman–Crippen LogP) is 3.32. The van der Waals surface area contributed by atoms with Crippen LogP contribution >= 0.6 is 0 Å². The number of benzene rings is 2. The Morgan fingerprint density at radius 1 is 0.714 bits per heavy atom. The molecule has 21 heavy (non-hydrogen) atoms. The number of hydrogen-bond donors (Lipinski definition) is 0. The molecule has 1 saturated heterocycles. The van der Waals surface area contributed by atoms with E-state index in [4.69, 9.17) is 4.74 Å². The summed E-state index contributed by atoms with van der Waals surface area (Å²) in [5, 5.41) is 21.2. The van der Waals surface area contributed by atoms with E-state index in [1.54, 1.807) is 24.3 Å². The Kier molecular flexibility index (Phi) is 3.11. The smallest absolute Gasteiger partial charge is 0.269 e. The van der Waals surface area contributed by atoms with Gasteiger partial charge in [0, 0.05) is 24.3 Å². The van der Waals surface area contributed by atoms with Crippen LogP contribution in [0.25, 0.3) is 0 Å². The van der Waals surface area contributed by atoms with Crippen molar-refractivity contribution in [2.45, 2.75) is 12.2 Å². The van der Waals surface area contributed by atoms with Gasteiger partial charge < -0.3 is 4.74 Å². The number of epoxide rings is 1. The Bertz CT molecular complexity index is 635. The molecule has 0 amide bonds. The molecule has 106 valence electrons. The van der Waals surface area contributed by atoms with Crippen molar-refractivity contribution < 1.29 is 14.6 Å². The maximum atomic E-state index is 10.6. The summed E-state index contributed by atoms with van der Waals surface area (Å²) in [5.41, 5.74) is 1.77. The minimum Gasteiger partial charge on any atom is -0.359 e. The Morgan fingerprint density at radius 2 is 1.05 bits per heavy atom. The minimum atomic E-state index is -0.453. The molecule has 7 heteroatoms. The van der Waals surface area contributed by atoms with Gasteiger partial charge in [-0.25, -0.2) is 0 Å². The molecule has 0 bridgehead atoms. The van der Waals surface area contributed by atoms with E-state index in [9.17, 15) is 20.2 Å². The molecule has 3 rings (SSSR count). The fraction of sp³-hybridized carbons (Fsp3) is 0.143.